The van der Waals surface area contributed by atoms with Gasteiger partial charge in [-0.2, -0.15) is 5.10 Å². The number of morpholine rings is 1. The fourth-order valence-corrected chi connectivity index (χ4v) is 4.03. The first-order chi connectivity index (χ1) is 15.7. The maximum Gasteiger partial charge on any atom is 0.212 e. The van der Waals surface area contributed by atoms with Gasteiger partial charge in [0.2, 0.25) is 6.41 Å². The maximum atomic E-state index is 15.4. The van der Waals surface area contributed by atoms with Crippen molar-refractivity contribution >= 4 is 46.1 Å². The first-order valence-corrected chi connectivity index (χ1v) is 10.9. The second kappa shape index (κ2) is 8.76. The summed E-state index contributed by atoms with van der Waals surface area (Å²) in [6, 6.07) is 3.59. The molecule has 0 bridgehead atoms. The summed E-state index contributed by atoms with van der Waals surface area (Å²) in [5.74, 6) is -0.0695. The summed E-state index contributed by atoms with van der Waals surface area (Å²) in [5.41, 5.74) is 2.90. The van der Waals surface area contributed by atoms with Gasteiger partial charge >= 0.3 is 0 Å². The molecule has 0 spiro atoms. The number of nitrogens with one attached hydrogen (secondary N) is 2. The standard InChI is InChI=1S/C19H16ClFN6O2.C3H6/c20-16-15(11-1-2-14-24-13(22-10-28)9-27(14)8-11)12-7-23-25-18(12)19(17(16)21)26-3-5-29-6-4-26;1-2-3-1/h1-2,7-10H,3-6H2,(H,22,28)(H,23,25);1-3H2. The topological polar surface area (TPSA) is 87.5 Å². The summed E-state index contributed by atoms with van der Waals surface area (Å²) in [4.78, 5) is 16.9. The molecular weight excluding hydrogens is 435 g/mol. The maximum absolute atomic E-state index is 15.4. The molecule has 1 amide bonds. The number of H-pyrrole nitrogens is 1. The van der Waals surface area contributed by atoms with Crippen LogP contribution in [-0.2, 0) is 9.53 Å². The van der Waals surface area contributed by atoms with Crippen molar-refractivity contribution < 1.29 is 13.9 Å². The Hall–Kier alpha value is -3.17. The lowest BCUT2D eigenvalue weighted by Gasteiger charge is -2.30. The third kappa shape index (κ3) is 3.89. The Morgan fingerprint density at radius 2 is 1.97 bits per heavy atom. The van der Waals surface area contributed by atoms with Gasteiger partial charge in [-0.3, -0.25) is 9.89 Å². The number of benzene rings is 1. The molecule has 1 aliphatic heterocycles. The van der Waals surface area contributed by atoms with E-state index in [2.05, 4.69) is 20.5 Å². The molecule has 1 aliphatic carbocycles. The zero-order valence-corrected chi connectivity index (χ0v) is 18.0. The van der Waals surface area contributed by atoms with Crippen LogP contribution < -0.4 is 10.2 Å². The summed E-state index contributed by atoms with van der Waals surface area (Å²) in [5, 5.41) is 10.3. The Balaban J connectivity index is 0.000000666. The number of hydrogen-bond donors (Lipinski definition) is 2. The number of anilines is 2. The zero-order chi connectivity index (χ0) is 22.1. The Labute approximate surface area is 188 Å². The molecule has 2 aliphatic rings. The van der Waals surface area contributed by atoms with Crippen LogP contribution in [0.25, 0.3) is 27.7 Å². The molecule has 6 rings (SSSR count). The van der Waals surface area contributed by atoms with Crippen molar-refractivity contribution in [2.45, 2.75) is 19.3 Å². The third-order valence-corrected chi connectivity index (χ3v) is 5.75. The SMILES string of the molecule is C1CC1.O=CNc1cn2cc(-c3c(Cl)c(F)c(N4CCOCC4)c4[nH]ncc34)ccc2n1. The molecule has 1 saturated carbocycles. The molecule has 1 aromatic carbocycles. The molecule has 10 heteroatoms. The van der Waals surface area contributed by atoms with Gasteiger partial charge in [-0.25, -0.2) is 9.37 Å². The van der Waals surface area contributed by atoms with Crippen LogP contribution in [0.2, 0.25) is 5.02 Å². The van der Waals surface area contributed by atoms with Crippen LogP contribution >= 0.6 is 11.6 Å². The number of nitrogens with zero attached hydrogens (tertiary/aromatic N) is 4. The number of fused-ring (bicyclic) bond motifs is 2. The predicted octanol–water partition coefficient (Wildman–Crippen LogP) is 4.25. The van der Waals surface area contributed by atoms with E-state index in [0.717, 1.165) is 5.39 Å². The Morgan fingerprint density at radius 3 is 2.69 bits per heavy atom. The number of halogens is 2. The van der Waals surface area contributed by atoms with E-state index in [1.165, 1.54) is 19.3 Å². The molecule has 32 heavy (non-hydrogen) atoms. The van der Waals surface area contributed by atoms with E-state index in [-0.39, 0.29) is 5.02 Å². The number of ether oxygens (including phenoxy) is 1. The average molecular weight is 457 g/mol. The first-order valence-electron chi connectivity index (χ1n) is 10.5. The molecule has 0 unspecified atom stereocenters. The van der Waals surface area contributed by atoms with E-state index in [4.69, 9.17) is 16.3 Å². The van der Waals surface area contributed by atoms with E-state index in [9.17, 15) is 4.79 Å². The lowest BCUT2D eigenvalue weighted by Crippen LogP contribution is -2.37. The summed E-state index contributed by atoms with van der Waals surface area (Å²) >= 11 is 6.54. The number of imidazole rings is 1. The highest BCUT2D eigenvalue weighted by Crippen LogP contribution is 2.42. The lowest BCUT2D eigenvalue weighted by molar-refractivity contribution is -0.105. The van der Waals surface area contributed by atoms with Crippen molar-refractivity contribution in [3.63, 3.8) is 0 Å². The summed E-state index contributed by atoms with van der Waals surface area (Å²) in [6.45, 7) is 2.22. The number of pyridine rings is 1. The quantitative estimate of drug-likeness (QED) is 0.448. The van der Waals surface area contributed by atoms with Crippen LogP contribution in [0.5, 0.6) is 0 Å². The minimum absolute atomic E-state index is 0.0334. The Bertz CT molecular complexity index is 1280. The zero-order valence-electron chi connectivity index (χ0n) is 17.3. The van der Waals surface area contributed by atoms with Crippen molar-refractivity contribution in [2.24, 2.45) is 0 Å². The minimum atomic E-state index is -0.491. The Kier molecular flexibility index (Phi) is 5.67. The fraction of sp³-hybridized carbons (Fsp3) is 0.318. The Morgan fingerprint density at radius 1 is 1.19 bits per heavy atom. The average Bonchev–Trinajstić information content (AvgIpc) is 3.53. The number of aromatic nitrogens is 4. The number of carbonyl (C=O) groups is 1. The highest BCUT2D eigenvalue weighted by Gasteiger charge is 2.26. The second-order valence-corrected chi connectivity index (χ2v) is 8.12. The summed E-state index contributed by atoms with van der Waals surface area (Å²) < 4.78 is 22.6. The molecular formula is C22H22ClFN6O2. The molecule has 2 fully saturated rings. The predicted molar refractivity (Wildman–Crippen MR) is 122 cm³/mol. The summed E-state index contributed by atoms with van der Waals surface area (Å²) in [7, 11) is 0. The molecule has 0 atom stereocenters. The highest BCUT2D eigenvalue weighted by molar-refractivity contribution is 6.36. The smallest absolute Gasteiger partial charge is 0.212 e. The van der Waals surface area contributed by atoms with Gasteiger partial charge in [0.15, 0.2) is 11.6 Å². The van der Waals surface area contributed by atoms with Gasteiger partial charge in [-0.1, -0.05) is 30.9 Å². The van der Waals surface area contributed by atoms with Crippen molar-refractivity contribution in [2.75, 3.05) is 36.5 Å². The van der Waals surface area contributed by atoms with E-state index in [0.29, 0.717) is 66.5 Å². The second-order valence-electron chi connectivity index (χ2n) is 7.74. The van der Waals surface area contributed by atoms with Crippen LogP contribution in [0, 0.1) is 5.82 Å². The van der Waals surface area contributed by atoms with E-state index >= 15 is 4.39 Å². The van der Waals surface area contributed by atoms with Gasteiger partial charge in [0.25, 0.3) is 0 Å². The molecule has 166 valence electrons. The van der Waals surface area contributed by atoms with Crippen molar-refractivity contribution in [3.8, 4) is 11.1 Å². The number of carbonyl (C=O) groups excluding carboxylic acids is 1. The van der Waals surface area contributed by atoms with Crippen LogP contribution in [0.1, 0.15) is 19.3 Å². The number of amides is 1. The number of aromatic amines is 1. The minimum Gasteiger partial charge on any atom is -0.378 e. The van der Waals surface area contributed by atoms with Gasteiger partial charge in [-0.15, -0.1) is 0 Å². The third-order valence-electron chi connectivity index (χ3n) is 5.39. The molecule has 1 saturated heterocycles. The van der Waals surface area contributed by atoms with Crippen molar-refractivity contribution in [1.82, 2.24) is 19.6 Å². The van der Waals surface area contributed by atoms with Gasteiger partial charge in [0.1, 0.15) is 11.3 Å². The van der Waals surface area contributed by atoms with Gasteiger partial charge in [-0.05, 0) is 12.1 Å². The molecule has 8 nitrogen and oxygen atoms in total. The van der Waals surface area contributed by atoms with Crippen LogP contribution in [0.15, 0.2) is 30.7 Å². The van der Waals surface area contributed by atoms with E-state index in [1.54, 1.807) is 29.1 Å². The van der Waals surface area contributed by atoms with E-state index in [1.807, 2.05) is 11.0 Å². The van der Waals surface area contributed by atoms with Gasteiger partial charge in [0.05, 0.1) is 36.1 Å². The molecule has 4 aromatic rings. The lowest BCUT2D eigenvalue weighted by atomic mass is 10.0. The van der Waals surface area contributed by atoms with Crippen molar-refractivity contribution in [3.05, 3.63) is 41.6 Å². The fourth-order valence-electron chi connectivity index (χ4n) is 3.73. The molecule has 4 heterocycles. The molecule has 2 N–H and O–H groups in total. The summed E-state index contributed by atoms with van der Waals surface area (Å²) in [6.07, 6.45) is 10.2. The number of rotatable bonds is 4. The molecule has 3 aromatic heterocycles. The molecule has 0 radical (unpaired) electrons. The monoisotopic (exact) mass is 456 g/mol. The largest absolute Gasteiger partial charge is 0.378 e. The van der Waals surface area contributed by atoms with Crippen LogP contribution in [-0.4, -0.2) is 52.3 Å². The van der Waals surface area contributed by atoms with E-state index < -0.39 is 5.82 Å². The number of hydrogen-bond acceptors (Lipinski definition) is 5. The van der Waals surface area contributed by atoms with Crippen LogP contribution in [0.4, 0.5) is 15.9 Å². The van der Waals surface area contributed by atoms with Crippen LogP contribution in [0.3, 0.4) is 0 Å². The van der Waals surface area contributed by atoms with Gasteiger partial charge < -0.3 is 19.4 Å². The normalized spacial score (nSPS) is 15.5. The first kappa shape index (κ1) is 20.7. The van der Waals surface area contributed by atoms with Crippen molar-refractivity contribution in [1.29, 1.82) is 0 Å². The highest BCUT2D eigenvalue weighted by atomic mass is 35.5. The van der Waals surface area contributed by atoms with Gasteiger partial charge in [0, 0.05) is 35.8 Å².